The highest BCUT2D eigenvalue weighted by Crippen LogP contribution is 2.52. The van der Waals surface area contributed by atoms with Gasteiger partial charge in [0.05, 0.1) is 6.04 Å². The predicted molar refractivity (Wildman–Crippen MR) is 73.4 cm³/mol. The summed E-state index contributed by atoms with van der Waals surface area (Å²) >= 11 is 0. The monoisotopic (exact) mass is 229 g/mol. The zero-order chi connectivity index (χ0) is 11.7. The molecule has 0 aromatic carbocycles. The Morgan fingerprint density at radius 2 is 2.12 bits per heavy atom. The molecule has 1 heteroatoms. The fraction of sp³-hybridized carbons (Fsp3) is 0.688. The molecule has 0 bridgehead atoms. The Hall–Kier alpha value is -0.850. The largest absolute Gasteiger partial charge is 0.294 e. The van der Waals surface area contributed by atoms with Crippen molar-refractivity contribution in [3.63, 3.8) is 0 Å². The van der Waals surface area contributed by atoms with E-state index in [2.05, 4.69) is 31.4 Å². The summed E-state index contributed by atoms with van der Waals surface area (Å²) in [6.45, 7) is 2.41. The van der Waals surface area contributed by atoms with Crippen LogP contribution in [0.3, 0.4) is 0 Å². The van der Waals surface area contributed by atoms with E-state index in [4.69, 9.17) is 4.99 Å². The number of nitrogens with zero attached hydrogens (tertiary/aromatic N) is 1. The molecule has 0 aromatic rings. The molecule has 92 valence electrons. The number of rotatable bonds is 1. The second-order valence-electron chi connectivity index (χ2n) is 6.17. The van der Waals surface area contributed by atoms with Gasteiger partial charge in [-0.1, -0.05) is 25.2 Å². The number of fused-ring (bicyclic) bond motifs is 1. The Labute approximate surface area is 105 Å². The third kappa shape index (κ3) is 2.38. The maximum atomic E-state index is 4.71. The summed E-state index contributed by atoms with van der Waals surface area (Å²) in [4.78, 5) is 4.71. The van der Waals surface area contributed by atoms with Crippen LogP contribution in [-0.2, 0) is 0 Å². The molecule has 17 heavy (non-hydrogen) atoms. The van der Waals surface area contributed by atoms with E-state index in [1.54, 1.807) is 5.57 Å². The van der Waals surface area contributed by atoms with Crippen LogP contribution in [0.5, 0.6) is 0 Å². The zero-order valence-electron chi connectivity index (χ0n) is 10.9. The Kier molecular flexibility index (Phi) is 2.94. The molecular formula is C16H23N. The van der Waals surface area contributed by atoms with Gasteiger partial charge in [0.2, 0.25) is 0 Å². The van der Waals surface area contributed by atoms with Gasteiger partial charge in [-0.15, -0.1) is 0 Å². The van der Waals surface area contributed by atoms with Crippen LogP contribution in [0.1, 0.15) is 51.9 Å². The van der Waals surface area contributed by atoms with Crippen LogP contribution in [0.25, 0.3) is 0 Å². The first kappa shape index (κ1) is 11.3. The highest BCUT2D eigenvalue weighted by Gasteiger charge is 2.39. The maximum Gasteiger partial charge on any atom is 0.0529 e. The highest BCUT2D eigenvalue weighted by molar-refractivity contribution is 5.58. The first-order valence-corrected chi connectivity index (χ1v) is 7.17. The molecular weight excluding hydrogens is 206 g/mol. The molecule has 0 amide bonds. The van der Waals surface area contributed by atoms with Crippen molar-refractivity contribution in [3.8, 4) is 0 Å². The smallest absolute Gasteiger partial charge is 0.0529 e. The molecule has 3 aliphatic rings. The lowest BCUT2D eigenvalue weighted by Gasteiger charge is -2.25. The van der Waals surface area contributed by atoms with E-state index in [-0.39, 0.29) is 0 Å². The van der Waals surface area contributed by atoms with E-state index in [9.17, 15) is 0 Å². The quantitative estimate of drug-likeness (QED) is 0.635. The molecule has 3 rings (SSSR count). The van der Waals surface area contributed by atoms with Gasteiger partial charge in [-0.05, 0) is 68.1 Å². The van der Waals surface area contributed by atoms with Crippen molar-refractivity contribution in [1.82, 2.24) is 0 Å². The average molecular weight is 229 g/mol. The van der Waals surface area contributed by atoms with Gasteiger partial charge in [-0.3, -0.25) is 4.99 Å². The third-order valence-corrected chi connectivity index (χ3v) is 4.77. The third-order valence-electron chi connectivity index (χ3n) is 4.77. The van der Waals surface area contributed by atoms with Crippen molar-refractivity contribution in [2.24, 2.45) is 16.3 Å². The van der Waals surface area contributed by atoms with Crippen LogP contribution in [0.4, 0.5) is 0 Å². The molecule has 1 nitrogen and oxygen atoms in total. The van der Waals surface area contributed by atoms with E-state index in [1.165, 1.54) is 44.9 Å². The minimum absolute atomic E-state index is 0.522. The second-order valence-corrected chi connectivity index (χ2v) is 6.17. The molecule has 2 atom stereocenters. The Bertz CT molecular complexity index is 371. The summed E-state index contributed by atoms with van der Waals surface area (Å²) < 4.78 is 0. The van der Waals surface area contributed by atoms with Crippen LogP contribution in [0.15, 0.2) is 28.8 Å². The maximum absolute atomic E-state index is 4.71. The predicted octanol–water partition coefficient (Wildman–Crippen LogP) is 4.30. The van der Waals surface area contributed by atoms with Gasteiger partial charge in [0.1, 0.15) is 0 Å². The minimum Gasteiger partial charge on any atom is -0.294 e. The number of allylic oxidation sites excluding steroid dienone is 4. The highest BCUT2D eigenvalue weighted by atomic mass is 14.8. The molecule has 1 heterocycles. The fourth-order valence-electron chi connectivity index (χ4n) is 3.15. The van der Waals surface area contributed by atoms with E-state index in [0.717, 1.165) is 5.92 Å². The molecule has 1 fully saturated rings. The van der Waals surface area contributed by atoms with Crippen molar-refractivity contribution < 1.29 is 0 Å². The Morgan fingerprint density at radius 1 is 1.24 bits per heavy atom. The zero-order valence-corrected chi connectivity index (χ0v) is 10.9. The number of aliphatic imine (C=N–C) groups is 1. The van der Waals surface area contributed by atoms with E-state index >= 15 is 0 Å². The van der Waals surface area contributed by atoms with Crippen molar-refractivity contribution in [2.75, 3.05) is 0 Å². The van der Waals surface area contributed by atoms with Gasteiger partial charge in [-0.2, -0.15) is 0 Å². The average Bonchev–Trinajstić information content (AvgIpc) is 3.06. The molecule has 2 unspecified atom stereocenters. The Balaban J connectivity index is 1.79. The summed E-state index contributed by atoms with van der Waals surface area (Å²) in [7, 11) is 0. The van der Waals surface area contributed by atoms with Gasteiger partial charge >= 0.3 is 0 Å². The normalized spacial score (nSPS) is 35.2. The van der Waals surface area contributed by atoms with E-state index in [1.807, 2.05) is 0 Å². The lowest BCUT2D eigenvalue weighted by molar-refractivity contribution is 0.376. The van der Waals surface area contributed by atoms with Gasteiger partial charge < -0.3 is 0 Å². The van der Waals surface area contributed by atoms with E-state index < -0.39 is 0 Å². The Morgan fingerprint density at radius 3 is 2.94 bits per heavy atom. The van der Waals surface area contributed by atoms with Crippen molar-refractivity contribution >= 4 is 6.21 Å². The van der Waals surface area contributed by atoms with Crippen LogP contribution in [0.2, 0.25) is 0 Å². The van der Waals surface area contributed by atoms with Crippen LogP contribution in [-0.4, -0.2) is 12.3 Å². The molecule has 0 radical (unpaired) electrons. The summed E-state index contributed by atoms with van der Waals surface area (Å²) in [5.41, 5.74) is 2.13. The van der Waals surface area contributed by atoms with Gasteiger partial charge in [0, 0.05) is 0 Å². The molecule has 1 saturated carbocycles. The second kappa shape index (κ2) is 4.44. The molecule has 0 N–H and O–H groups in total. The molecule has 0 aromatic heterocycles. The van der Waals surface area contributed by atoms with Gasteiger partial charge in [-0.25, -0.2) is 0 Å². The van der Waals surface area contributed by atoms with Crippen molar-refractivity contribution in [3.05, 3.63) is 23.8 Å². The fourth-order valence-corrected chi connectivity index (χ4v) is 3.15. The molecule has 1 aliphatic heterocycles. The summed E-state index contributed by atoms with van der Waals surface area (Å²) in [5, 5.41) is 0. The van der Waals surface area contributed by atoms with Crippen LogP contribution >= 0.6 is 0 Å². The van der Waals surface area contributed by atoms with E-state index in [0.29, 0.717) is 11.5 Å². The van der Waals surface area contributed by atoms with Gasteiger partial charge in [0.25, 0.3) is 0 Å². The molecule has 0 spiro atoms. The first-order chi connectivity index (χ1) is 8.28. The standard InChI is InChI=1S/C16H23N/c1-16(10-11-16)14-6-2-3-7-15-13(8-9-14)5-4-12-17-15/h2,6,9,12-13,15H,3-5,7-8,10-11H2,1H3. The SMILES string of the molecule is CC1(C2=CCC3CCC=NC3CCC=C2)CC1. The topological polar surface area (TPSA) is 12.4 Å². The number of hydrogen-bond acceptors (Lipinski definition) is 1. The van der Waals surface area contributed by atoms with Crippen LogP contribution in [0, 0.1) is 11.3 Å². The van der Waals surface area contributed by atoms with Gasteiger partial charge in [0.15, 0.2) is 0 Å². The lowest BCUT2D eigenvalue weighted by Crippen LogP contribution is -2.22. The molecule has 0 saturated heterocycles. The minimum atomic E-state index is 0.522. The van der Waals surface area contributed by atoms with Crippen molar-refractivity contribution in [1.29, 1.82) is 0 Å². The van der Waals surface area contributed by atoms with Crippen LogP contribution < -0.4 is 0 Å². The first-order valence-electron chi connectivity index (χ1n) is 7.17. The molecule has 2 aliphatic carbocycles. The summed E-state index contributed by atoms with van der Waals surface area (Å²) in [5.74, 6) is 0.803. The number of hydrogen-bond donors (Lipinski definition) is 0. The van der Waals surface area contributed by atoms with Crippen molar-refractivity contribution in [2.45, 2.75) is 57.9 Å². The summed E-state index contributed by atoms with van der Waals surface area (Å²) in [6.07, 6.45) is 18.4. The lowest BCUT2D eigenvalue weighted by atomic mass is 9.86. The summed E-state index contributed by atoms with van der Waals surface area (Å²) in [6, 6.07) is 0.594.